The van der Waals surface area contributed by atoms with Crippen LogP contribution in [0.2, 0.25) is 0 Å². The maximum atomic E-state index is 13.0. The number of Topliss-reactive ketones (excluding diaryl/α,β-unsaturated/α-hetero) is 1. The number of carbonyl (C=O) groups excluding carboxylic acids is 1. The normalized spacial score (nSPS) is 11.9. The van der Waals surface area contributed by atoms with Crippen molar-refractivity contribution in [2.45, 2.75) is 26.7 Å². The maximum Gasteiger partial charge on any atom is 0.166 e. The average Bonchev–Trinajstić information content (AvgIpc) is 2.28. The SMILES string of the molecule is CCC(CC#N)C(=O)c1ccc(F)c(C)c1. The van der Waals surface area contributed by atoms with Crippen LogP contribution in [0.4, 0.5) is 4.39 Å². The fourth-order valence-electron chi connectivity index (χ4n) is 1.57. The molecule has 0 radical (unpaired) electrons. The molecule has 0 amide bonds. The van der Waals surface area contributed by atoms with Crippen LogP contribution in [0.25, 0.3) is 0 Å². The second-order valence-electron chi connectivity index (χ2n) is 3.80. The zero-order valence-corrected chi connectivity index (χ0v) is 9.46. The first-order chi connectivity index (χ1) is 7.60. The van der Waals surface area contributed by atoms with Gasteiger partial charge in [-0.1, -0.05) is 6.92 Å². The predicted molar refractivity (Wildman–Crippen MR) is 59.5 cm³/mol. The van der Waals surface area contributed by atoms with E-state index in [0.717, 1.165) is 0 Å². The van der Waals surface area contributed by atoms with Crippen LogP contribution >= 0.6 is 0 Å². The largest absolute Gasteiger partial charge is 0.294 e. The molecule has 2 nitrogen and oxygen atoms in total. The number of nitrogens with zero attached hydrogens (tertiary/aromatic N) is 1. The molecule has 3 heteroatoms. The van der Waals surface area contributed by atoms with Gasteiger partial charge in [-0.15, -0.1) is 0 Å². The summed E-state index contributed by atoms with van der Waals surface area (Å²) < 4.78 is 13.0. The van der Waals surface area contributed by atoms with E-state index in [1.807, 2.05) is 13.0 Å². The number of rotatable bonds is 4. The van der Waals surface area contributed by atoms with Crippen molar-refractivity contribution in [1.82, 2.24) is 0 Å². The number of hydrogen-bond acceptors (Lipinski definition) is 2. The Labute approximate surface area is 94.7 Å². The minimum Gasteiger partial charge on any atom is -0.294 e. The topological polar surface area (TPSA) is 40.9 Å². The van der Waals surface area contributed by atoms with Crippen LogP contribution < -0.4 is 0 Å². The van der Waals surface area contributed by atoms with Crippen molar-refractivity contribution in [3.05, 3.63) is 35.1 Å². The third-order valence-electron chi connectivity index (χ3n) is 2.64. The van der Waals surface area contributed by atoms with Crippen molar-refractivity contribution < 1.29 is 9.18 Å². The number of halogens is 1. The molecular weight excluding hydrogens is 205 g/mol. The van der Waals surface area contributed by atoms with Crippen molar-refractivity contribution in [2.24, 2.45) is 5.92 Å². The third-order valence-corrected chi connectivity index (χ3v) is 2.64. The first-order valence-electron chi connectivity index (χ1n) is 5.27. The monoisotopic (exact) mass is 219 g/mol. The van der Waals surface area contributed by atoms with Crippen LogP contribution in [0.5, 0.6) is 0 Å². The molecule has 1 atom stereocenters. The van der Waals surface area contributed by atoms with Gasteiger partial charge in [-0.2, -0.15) is 5.26 Å². The molecule has 0 bridgehead atoms. The molecule has 0 N–H and O–H groups in total. The Morgan fingerprint density at radius 3 is 2.75 bits per heavy atom. The lowest BCUT2D eigenvalue weighted by Gasteiger charge is -2.10. The molecule has 0 saturated heterocycles. The van der Waals surface area contributed by atoms with Gasteiger partial charge in [-0.05, 0) is 37.1 Å². The lowest BCUT2D eigenvalue weighted by molar-refractivity contribution is 0.0918. The van der Waals surface area contributed by atoms with Crippen LogP contribution in [0.1, 0.15) is 35.7 Å². The summed E-state index contributed by atoms with van der Waals surface area (Å²) in [6, 6.07) is 6.31. The minimum absolute atomic E-state index is 0.0767. The Hall–Kier alpha value is -1.69. The zero-order valence-electron chi connectivity index (χ0n) is 9.46. The van der Waals surface area contributed by atoms with Gasteiger partial charge in [0.15, 0.2) is 5.78 Å². The number of hydrogen-bond donors (Lipinski definition) is 0. The fraction of sp³-hybridized carbons (Fsp3) is 0.385. The third kappa shape index (κ3) is 2.66. The number of carbonyl (C=O) groups is 1. The second-order valence-corrected chi connectivity index (χ2v) is 3.80. The highest BCUT2D eigenvalue weighted by Crippen LogP contribution is 2.17. The van der Waals surface area contributed by atoms with E-state index >= 15 is 0 Å². The molecule has 0 saturated carbocycles. The van der Waals surface area contributed by atoms with Crippen LogP contribution in [-0.2, 0) is 0 Å². The van der Waals surface area contributed by atoms with Gasteiger partial charge in [-0.3, -0.25) is 4.79 Å². The molecule has 1 unspecified atom stereocenters. The summed E-state index contributed by atoms with van der Waals surface area (Å²) in [5, 5.41) is 8.60. The van der Waals surface area contributed by atoms with E-state index in [0.29, 0.717) is 17.5 Å². The lowest BCUT2D eigenvalue weighted by atomic mass is 9.92. The molecule has 0 aliphatic heterocycles. The van der Waals surface area contributed by atoms with Crippen molar-refractivity contribution in [1.29, 1.82) is 5.26 Å². The summed E-state index contributed by atoms with van der Waals surface area (Å²) in [5.41, 5.74) is 0.943. The van der Waals surface area contributed by atoms with E-state index in [2.05, 4.69) is 0 Å². The molecule has 0 spiro atoms. The van der Waals surface area contributed by atoms with Gasteiger partial charge in [0.05, 0.1) is 6.07 Å². The van der Waals surface area contributed by atoms with E-state index in [1.54, 1.807) is 6.92 Å². The van der Waals surface area contributed by atoms with Gasteiger partial charge < -0.3 is 0 Å². The summed E-state index contributed by atoms with van der Waals surface area (Å²) in [6.07, 6.45) is 0.842. The molecule has 1 rings (SSSR count). The fourth-order valence-corrected chi connectivity index (χ4v) is 1.57. The summed E-state index contributed by atoms with van der Waals surface area (Å²) in [7, 11) is 0. The number of aryl methyl sites for hydroxylation is 1. The van der Waals surface area contributed by atoms with Crippen LogP contribution in [0.15, 0.2) is 18.2 Å². The molecule has 1 aromatic carbocycles. The quantitative estimate of drug-likeness (QED) is 0.729. The Bertz CT molecular complexity index is 434. The van der Waals surface area contributed by atoms with E-state index in [9.17, 15) is 9.18 Å². The molecule has 0 heterocycles. The summed E-state index contributed by atoms with van der Waals surface area (Å²) in [4.78, 5) is 12.0. The summed E-state index contributed by atoms with van der Waals surface area (Å²) >= 11 is 0. The highest BCUT2D eigenvalue weighted by molar-refractivity contribution is 5.98. The van der Waals surface area contributed by atoms with Gasteiger partial charge in [0.25, 0.3) is 0 Å². The summed E-state index contributed by atoms with van der Waals surface area (Å²) in [5.74, 6) is -0.674. The van der Waals surface area contributed by atoms with Gasteiger partial charge in [0.1, 0.15) is 5.82 Å². The Morgan fingerprint density at radius 2 is 2.25 bits per heavy atom. The molecule has 0 aliphatic rings. The van der Waals surface area contributed by atoms with Crippen LogP contribution in [0, 0.1) is 30.0 Å². The molecule has 1 aromatic rings. The van der Waals surface area contributed by atoms with Gasteiger partial charge in [0, 0.05) is 17.9 Å². The molecule has 0 aromatic heterocycles. The lowest BCUT2D eigenvalue weighted by Crippen LogP contribution is -2.13. The molecule has 0 aliphatic carbocycles. The number of ketones is 1. The molecule has 16 heavy (non-hydrogen) atoms. The van der Waals surface area contributed by atoms with Crippen LogP contribution in [-0.4, -0.2) is 5.78 Å². The molecular formula is C13H14FNO. The van der Waals surface area contributed by atoms with Crippen molar-refractivity contribution in [3.63, 3.8) is 0 Å². The second kappa shape index (κ2) is 5.41. The van der Waals surface area contributed by atoms with Crippen molar-refractivity contribution in [2.75, 3.05) is 0 Å². The van der Waals surface area contributed by atoms with Crippen molar-refractivity contribution >= 4 is 5.78 Å². The average molecular weight is 219 g/mol. The van der Waals surface area contributed by atoms with Gasteiger partial charge in [0.2, 0.25) is 0 Å². The highest BCUT2D eigenvalue weighted by atomic mass is 19.1. The first-order valence-corrected chi connectivity index (χ1v) is 5.27. The van der Waals surface area contributed by atoms with Gasteiger partial charge in [-0.25, -0.2) is 4.39 Å². The Balaban J connectivity index is 2.95. The number of benzene rings is 1. The van der Waals surface area contributed by atoms with E-state index in [1.165, 1.54) is 18.2 Å². The molecule has 84 valence electrons. The van der Waals surface area contributed by atoms with Crippen molar-refractivity contribution in [3.8, 4) is 6.07 Å². The zero-order chi connectivity index (χ0) is 12.1. The van der Waals surface area contributed by atoms with E-state index in [4.69, 9.17) is 5.26 Å². The maximum absolute atomic E-state index is 13.0. The molecule has 0 fully saturated rings. The van der Waals surface area contributed by atoms with Crippen LogP contribution in [0.3, 0.4) is 0 Å². The highest BCUT2D eigenvalue weighted by Gasteiger charge is 2.18. The van der Waals surface area contributed by atoms with E-state index in [-0.39, 0.29) is 23.9 Å². The Morgan fingerprint density at radius 1 is 1.56 bits per heavy atom. The Kier molecular flexibility index (Phi) is 4.19. The standard InChI is InChI=1S/C13H14FNO/c1-3-10(6-7-15)13(16)11-4-5-12(14)9(2)8-11/h4-5,8,10H,3,6H2,1-2H3. The summed E-state index contributed by atoms with van der Waals surface area (Å²) in [6.45, 7) is 3.49. The predicted octanol–water partition coefficient (Wildman–Crippen LogP) is 3.26. The minimum atomic E-state index is -0.315. The van der Waals surface area contributed by atoms with E-state index < -0.39 is 0 Å². The smallest absolute Gasteiger partial charge is 0.166 e. The number of nitriles is 1. The first kappa shape index (κ1) is 12.4. The van der Waals surface area contributed by atoms with Gasteiger partial charge >= 0.3 is 0 Å².